The molecule has 4 nitrogen and oxygen atoms in total. The lowest BCUT2D eigenvalue weighted by molar-refractivity contribution is 0.600. The highest BCUT2D eigenvalue weighted by molar-refractivity contribution is 6.30. The molecule has 0 N–H and O–H groups in total. The van der Waals surface area contributed by atoms with Gasteiger partial charge in [0.25, 0.3) is 0 Å². The van der Waals surface area contributed by atoms with Crippen molar-refractivity contribution < 1.29 is 4.42 Å². The number of halogens is 1. The van der Waals surface area contributed by atoms with Crippen molar-refractivity contribution in [1.29, 1.82) is 0 Å². The van der Waals surface area contributed by atoms with Crippen LogP contribution in [0, 0.1) is 0 Å². The smallest absolute Gasteiger partial charge is 0.167 e. The summed E-state index contributed by atoms with van der Waals surface area (Å²) in [6.07, 6.45) is 2.60. The van der Waals surface area contributed by atoms with Crippen LogP contribution in [0.5, 0.6) is 0 Å². The Kier molecular flexibility index (Phi) is 5.29. The topological polar surface area (TPSA) is 51.8 Å². The molecule has 0 spiro atoms. The minimum atomic E-state index is 0.548. The second kappa shape index (κ2) is 8.40. The third-order valence-electron chi connectivity index (χ3n) is 5.38. The van der Waals surface area contributed by atoms with Gasteiger partial charge >= 0.3 is 0 Å². The van der Waals surface area contributed by atoms with Crippen molar-refractivity contribution in [3.8, 4) is 34.2 Å². The third kappa shape index (κ3) is 3.59. The van der Waals surface area contributed by atoms with E-state index in [0.29, 0.717) is 22.5 Å². The number of nitrogens with zero attached hydrogens (tertiary/aromatic N) is 3. The normalized spacial score (nSPS) is 11.1. The number of rotatable bonds is 5. The fourth-order valence-electron chi connectivity index (χ4n) is 3.86. The lowest BCUT2D eigenvalue weighted by atomic mass is 10.0. The fraction of sp³-hybridized carbons (Fsp3) is 0.0741. The van der Waals surface area contributed by atoms with E-state index < -0.39 is 0 Å². The SMILES string of the molecule is C=Cc1oc2c(-c3nc(-c4ccccc4)nc(-c4cccc(Cl)c4)n3)cccc2c1CC. The van der Waals surface area contributed by atoms with Gasteiger partial charge in [0.1, 0.15) is 11.3 Å². The number of hydrogen-bond donors (Lipinski definition) is 0. The molecule has 156 valence electrons. The van der Waals surface area contributed by atoms with Gasteiger partial charge in [0, 0.05) is 27.1 Å². The Morgan fingerprint density at radius 3 is 2.25 bits per heavy atom. The summed E-state index contributed by atoms with van der Waals surface area (Å²) in [4.78, 5) is 14.4. The zero-order chi connectivity index (χ0) is 22.1. The Hall–Kier alpha value is -3.76. The molecule has 0 amide bonds. The van der Waals surface area contributed by atoms with Crippen LogP contribution in [0.1, 0.15) is 18.2 Å². The average Bonchev–Trinajstić information content (AvgIpc) is 3.22. The number of aromatic nitrogens is 3. The molecule has 32 heavy (non-hydrogen) atoms. The lowest BCUT2D eigenvalue weighted by Crippen LogP contribution is -2.00. The van der Waals surface area contributed by atoms with Gasteiger partial charge in [-0.05, 0) is 30.7 Å². The number of hydrogen-bond acceptors (Lipinski definition) is 4. The highest BCUT2D eigenvalue weighted by Crippen LogP contribution is 2.35. The van der Waals surface area contributed by atoms with Crippen LogP contribution in [0.3, 0.4) is 0 Å². The maximum absolute atomic E-state index is 6.24. The molecule has 3 aromatic carbocycles. The van der Waals surface area contributed by atoms with E-state index in [-0.39, 0.29) is 0 Å². The summed E-state index contributed by atoms with van der Waals surface area (Å²) in [6, 6.07) is 23.4. The largest absolute Gasteiger partial charge is 0.456 e. The van der Waals surface area contributed by atoms with Crippen LogP contribution >= 0.6 is 11.6 Å². The summed E-state index contributed by atoms with van der Waals surface area (Å²) in [5.74, 6) is 2.47. The molecule has 0 saturated carbocycles. The van der Waals surface area contributed by atoms with Gasteiger partial charge in [0.2, 0.25) is 0 Å². The number of benzene rings is 3. The molecule has 0 aliphatic heterocycles. The summed E-state index contributed by atoms with van der Waals surface area (Å²) in [5.41, 5.74) is 4.43. The standard InChI is InChI=1S/C27H20ClN3O/c1-3-20-21-14-9-15-22(24(21)32-23(20)4-2)27-30-25(17-10-6-5-7-11-17)29-26(31-27)18-12-8-13-19(28)16-18/h4-16H,2-3H2,1H3. The van der Waals surface area contributed by atoms with Crippen molar-refractivity contribution in [1.82, 2.24) is 15.0 Å². The molecular formula is C27H20ClN3O. The fourth-order valence-corrected chi connectivity index (χ4v) is 4.05. The van der Waals surface area contributed by atoms with E-state index in [2.05, 4.69) is 19.6 Å². The second-order valence-corrected chi connectivity index (χ2v) is 7.80. The van der Waals surface area contributed by atoms with Crippen LogP contribution in [0.4, 0.5) is 0 Å². The summed E-state index contributed by atoms with van der Waals surface area (Å²) >= 11 is 6.24. The highest BCUT2D eigenvalue weighted by Gasteiger charge is 2.18. The molecule has 5 heteroatoms. The summed E-state index contributed by atoms with van der Waals surface area (Å²) in [7, 11) is 0. The summed E-state index contributed by atoms with van der Waals surface area (Å²) < 4.78 is 6.20. The van der Waals surface area contributed by atoms with Crippen molar-refractivity contribution in [2.24, 2.45) is 0 Å². The van der Waals surface area contributed by atoms with E-state index in [1.54, 1.807) is 6.08 Å². The van der Waals surface area contributed by atoms with Crippen LogP contribution < -0.4 is 0 Å². The molecule has 0 aliphatic carbocycles. The van der Waals surface area contributed by atoms with E-state index in [1.807, 2.05) is 66.7 Å². The Morgan fingerprint density at radius 2 is 1.53 bits per heavy atom. The molecule has 0 atom stereocenters. The number of furan rings is 1. The van der Waals surface area contributed by atoms with Crippen molar-refractivity contribution in [2.75, 3.05) is 0 Å². The molecule has 0 radical (unpaired) electrons. The first-order valence-corrected chi connectivity index (χ1v) is 10.8. The summed E-state index contributed by atoms with van der Waals surface area (Å²) in [5, 5.41) is 1.67. The van der Waals surface area contributed by atoms with Gasteiger partial charge < -0.3 is 4.42 Å². The maximum atomic E-state index is 6.24. The quantitative estimate of drug-likeness (QED) is 0.286. The van der Waals surface area contributed by atoms with Crippen molar-refractivity contribution >= 4 is 28.6 Å². The van der Waals surface area contributed by atoms with Crippen molar-refractivity contribution in [2.45, 2.75) is 13.3 Å². The third-order valence-corrected chi connectivity index (χ3v) is 5.61. The van der Waals surface area contributed by atoms with Crippen molar-refractivity contribution in [3.63, 3.8) is 0 Å². The van der Waals surface area contributed by atoms with Crippen molar-refractivity contribution in [3.05, 3.63) is 95.7 Å². The molecule has 5 aromatic rings. The summed E-state index contributed by atoms with van der Waals surface area (Å²) in [6.45, 7) is 6.01. The van der Waals surface area contributed by atoms with Gasteiger partial charge in [0.15, 0.2) is 17.5 Å². The van der Waals surface area contributed by atoms with Gasteiger partial charge in [-0.3, -0.25) is 0 Å². The Balaban J connectivity index is 1.78. The van der Waals surface area contributed by atoms with Crippen LogP contribution in [-0.4, -0.2) is 15.0 Å². The van der Waals surface area contributed by atoms with E-state index in [4.69, 9.17) is 31.0 Å². The molecule has 0 bridgehead atoms. The van der Waals surface area contributed by atoms with Gasteiger partial charge in [0.05, 0.1) is 5.56 Å². The maximum Gasteiger partial charge on any atom is 0.167 e. The molecular weight excluding hydrogens is 418 g/mol. The molecule has 0 unspecified atom stereocenters. The molecule has 5 rings (SSSR count). The van der Waals surface area contributed by atoms with Gasteiger partial charge in [-0.2, -0.15) is 0 Å². The lowest BCUT2D eigenvalue weighted by Gasteiger charge is -2.09. The highest BCUT2D eigenvalue weighted by atomic mass is 35.5. The molecule has 0 aliphatic rings. The zero-order valence-corrected chi connectivity index (χ0v) is 18.3. The van der Waals surface area contributed by atoms with Crippen LogP contribution in [-0.2, 0) is 6.42 Å². The molecule has 0 saturated heterocycles. The Bertz CT molecular complexity index is 1440. The van der Waals surface area contributed by atoms with Crippen LogP contribution in [0.15, 0.2) is 83.8 Å². The van der Waals surface area contributed by atoms with E-state index in [0.717, 1.165) is 45.4 Å². The monoisotopic (exact) mass is 437 g/mol. The first-order valence-electron chi connectivity index (χ1n) is 10.4. The Labute approximate surface area is 191 Å². The van der Waals surface area contributed by atoms with Gasteiger partial charge in [-0.1, -0.05) is 79.7 Å². The minimum absolute atomic E-state index is 0.548. The predicted molar refractivity (Wildman–Crippen MR) is 130 cm³/mol. The van der Waals surface area contributed by atoms with Crippen LogP contribution in [0.2, 0.25) is 5.02 Å². The molecule has 0 fully saturated rings. The zero-order valence-electron chi connectivity index (χ0n) is 17.5. The van der Waals surface area contributed by atoms with E-state index in [9.17, 15) is 0 Å². The van der Waals surface area contributed by atoms with Gasteiger partial charge in [-0.15, -0.1) is 0 Å². The minimum Gasteiger partial charge on any atom is -0.456 e. The van der Waals surface area contributed by atoms with E-state index >= 15 is 0 Å². The van der Waals surface area contributed by atoms with Crippen LogP contribution in [0.25, 0.3) is 51.2 Å². The number of para-hydroxylation sites is 1. The molecule has 2 aromatic heterocycles. The first-order chi connectivity index (χ1) is 15.7. The van der Waals surface area contributed by atoms with Gasteiger partial charge in [-0.25, -0.2) is 15.0 Å². The average molecular weight is 438 g/mol. The first kappa shape index (κ1) is 20.2. The second-order valence-electron chi connectivity index (χ2n) is 7.37. The van der Waals surface area contributed by atoms with E-state index in [1.165, 1.54) is 0 Å². The predicted octanol–water partition coefficient (Wildman–Crippen LogP) is 7.48. The number of fused-ring (bicyclic) bond motifs is 1. The number of aryl methyl sites for hydroxylation is 1. The Morgan fingerprint density at radius 1 is 0.844 bits per heavy atom. The molecule has 2 heterocycles.